The van der Waals surface area contributed by atoms with Crippen LogP contribution in [0.25, 0.3) is 0 Å². The van der Waals surface area contributed by atoms with Gasteiger partial charge in [-0.2, -0.15) is 0 Å². The monoisotopic (exact) mass is 296 g/mol. The molecule has 2 aliphatic heterocycles. The zero-order valence-corrected chi connectivity index (χ0v) is 12.9. The van der Waals surface area contributed by atoms with E-state index in [4.69, 9.17) is 4.74 Å². The maximum atomic E-state index is 12.4. The molecule has 3 aliphatic rings. The van der Waals surface area contributed by atoms with Crippen LogP contribution in [0.2, 0.25) is 0 Å². The largest absolute Gasteiger partial charge is 0.387 e. The van der Waals surface area contributed by atoms with Crippen LogP contribution in [-0.2, 0) is 9.53 Å². The third-order valence-corrected chi connectivity index (χ3v) is 5.24. The molecule has 3 rings (SSSR count). The Labute approximate surface area is 127 Å². The number of hydrogen-bond donors (Lipinski definition) is 1. The van der Waals surface area contributed by atoms with Crippen LogP contribution in [0.5, 0.6) is 0 Å². The summed E-state index contributed by atoms with van der Waals surface area (Å²) in [6, 6.07) is 0. The zero-order chi connectivity index (χ0) is 14.7. The molecular weight excluding hydrogens is 268 g/mol. The molecule has 2 heterocycles. The number of β-amino-alcohol motifs (C(OH)–C–C–N with tert-alkyl or cyclic N) is 1. The minimum Gasteiger partial charge on any atom is -0.387 e. The van der Waals surface area contributed by atoms with E-state index < -0.39 is 5.60 Å². The molecule has 0 aromatic rings. The van der Waals surface area contributed by atoms with E-state index in [0.29, 0.717) is 38.4 Å². The number of ether oxygens (including phenoxy) is 1. The Morgan fingerprint density at radius 1 is 1.19 bits per heavy atom. The van der Waals surface area contributed by atoms with Crippen molar-refractivity contribution in [2.45, 2.75) is 44.1 Å². The van der Waals surface area contributed by atoms with Crippen molar-refractivity contribution < 1.29 is 14.6 Å². The van der Waals surface area contributed by atoms with E-state index in [9.17, 15) is 9.90 Å². The highest BCUT2D eigenvalue weighted by Crippen LogP contribution is 2.30. The van der Waals surface area contributed by atoms with E-state index in [2.05, 4.69) is 4.90 Å². The Morgan fingerprint density at radius 3 is 2.62 bits per heavy atom. The number of rotatable bonds is 4. The molecule has 1 saturated carbocycles. The highest BCUT2D eigenvalue weighted by Gasteiger charge is 2.40. The molecule has 0 aromatic heterocycles. The van der Waals surface area contributed by atoms with Gasteiger partial charge in [-0.3, -0.25) is 9.69 Å². The smallest absolute Gasteiger partial charge is 0.222 e. The first-order valence-corrected chi connectivity index (χ1v) is 8.45. The number of nitrogens with zero attached hydrogens (tertiary/aromatic N) is 2. The van der Waals surface area contributed by atoms with E-state index in [1.165, 1.54) is 25.7 Å². The van der Waals surface area contributed by atoms with Crippen molar-refractivity contribution in [1.82, 2.24) is 9.80 Å². The van der Waals surface area contributed by atoms with Gasteiger partial charge in [0.15, 0.2) is 0 Å². The predicted octanol–water partition coefficient (Wildman–Crippen LogP) is 0.862. The van der Waals surface area contributed by atoms with Crippen molar-refractivity contribution in [3.63, 3.8) is 0 Å². The van der Waals surface area contributed by atoms with Crippen LogP contribution in [0.4, 0.5) is 0 Å². The first-order chi connectivity index (χ1) is 10.1. The molecule has 21 heavy (non-hydrogen) atoms. The molecule has 0 radical (unpaired) electrons. The fraction of sp³-hybridized carbons (Fsp3) is 0.938. The molecule has 3 fully saturated rings. The maximum Gasteiger partial charge on any atom is 0.222 e. The highest BCUT2D eigenvalue weighted by atomic mass is 16.5. The molecule has 0 aromatic carbocycles. The third-order valence-electron chi connectivity index (χ3n) is 5.24. The fourth-order valence-electron chi connectivity index (χ4n) is 3.96. The molecule has 0 bridgehead atoms. The maximum absolute atomic E-state index is 12.4. The average Bonchev–Trinajstić information content (AvgIpc) is 3.10. The second-order valence-corrected chi connectivity index (χ2v) is 7.03. The van der Waals surface area contributed by atoms with E-state index in [1.807, 2.05) is 4.90 Å². The summed E-state index contributed by atoms with van der Waals surface area (Å²) < 4.78 is 5.34. The van der Waals surface area contributed by atoms with Crippen LogP contribution >= 0.6 is 0 Å². The Kier molecular flexibility index (Phi) is 4.82. The van der Waals surface area contributed by atoms with Crippen LogP contribution in [0, 0.1) is 5.92 Å². The number of likely N-dealkylation sites (tertiary alicyclic amines) is 1. The lowest BCUT2D eigenvalue weighted by Crippen LogP contribution is -2.49. The van der Waals surface area contributed by atoms with Crippen molar-refractivity contribution in [3.8, 4) is 0 Å². The van der Waals surface area contributed by atoms with Gasteiger partial charge in [0.25, 0.3) is 0 Å². The van der Waals surface area contributed by atoms with Crippen molar-refractivity contribution in [2.75, 3.05) is 45.9 Å². The van der Waals surface area contributed by atoms with Gasteiger partial charge >= 0.3 is 0 Å². The van der Waals surface area contributed by atoms with E-state index in [1.54, 1.807) is 0 Å². The number of aliphatic hydroxyl groups is 1. The summed E-state index contributed by atoms with van der Waals surface area (Å²) >= 11 is 0. The second-order valence-electron chi connectivity index (χ2n) is 7.03. The van der Waals surface area contributed by atoms with Crippen molar-refractivity contribution >= 4 is 5.91 Å². The standard InChI is InChI=1S/C16H28N2O3/c19-15(11-14-3-1-2-4-14)18-6-5-16(20,13-18)12-17-7-9-21-10-8-17/h14,20H,1-13H2/t16-/m0/s1. The molecule has 2 saturated heterocycles. The van der Waals surface area contributed by atoms with Crippen molar-refractivity contribution in [2.24, 2.45) is 5.92 Å². The topological polar surface area (TPSA) is 53.0 Å². The summed E-state index contributed by atoms with van der Waals surface area (Å²) in [5.74, 6) is 0.838. The SMILES string of the molecule is O=C(CC1CCCC1)N1CC[C@](O)(CN2CCOCC2)C1. The predicted molar refractivity (Wildman–Crippen MR) is 80.0 cm³/mol. The number of carbonyl (C=O) groups excluding carboxylic acids is 1. The Bertz CT molecular complexity index is 365. The molecule has 0 unspecified atom stereocenters. The van der Waals surface area contributed by atoms with Gasteiger partial charge in [0.2, 0.25) is 5.91 Å². The molecule has 0 spiro atoms. The summed E-state index contributed by atoms with van der Waals surface area (Å²) in [5, 5.41) is 10.7. The fourth-order valence-corrected chi connectivity index (χ4v) is 3.96. The van der Waals surface area contributed by atoms with Gasteiger partial charge in [0.1, 0.15) is 0 Å². The van der Waals surface area contributed by atoms with Crippen molar-refractivity contribution in [3.05, 3.63) is 0 Å². The normalized spacial score (nSPS) is 32.0. The molecule has 120 valence electrons. The number of hydrogen-bond acceptors (Lipinski definition) is 4. The first-order valence-electron chi connectivity index (χ1n) is 8.45. The Hall–Kier alpha value is -0.650. The number of carbonyl (C=O) groups is 1. The summed E-state index contributed by atoms with van der Waals surface area (Å²) in [6.45, 7) is 5.17. The minimum absolute atomic E-state index is 0.250. The van der Waals surface area contributed by atoms with Gasteiger partial charge in [-0.1, -0.05) is 12.8 Å². The van der Waals surface area contributed by atoms with Crippen LogP contribution in [0.1, 0.15) is 38.5 Å². The molecule has 5 heteroatoms. The van der Waals surface area contributed by atoms with Crippen LogP contribution < -0.4 is 0 Å². The molecule has 1 atom stereocenters. The summed E-state index contributed by atoms with van der Waals surface area (Å²) in [7, 11) is 0. The van der Waals surface area contributed by atoms with Gasteiger partial charge in [-0.15, -0.1) is 0 Å². The summed E-state index contributed by atoms with van der Waals surface area (Å²) in [6.07, 6.45) is 6.36. The van der Waals surface area contributed by atoms with Crippen LogP contribution in [-0.4, -0.2) is 72.4 Å². The van der Waals surface area contributed by atoms with Gasteiger partial charge in [0, 0.05) is 32.6 Å². The zero-order valence-electron chi connectivity index (χ0n) is 12.9. The van der Waals surface area contributed by atoms with Crippen LogP contribution in [0.15, 0.2) is 0 Å². The van der Waals surface area contributed by atoms with Crippen molar-refractivity contribution in [1.29, 1.82) is 0 Å². The molecule has 1 N–H and O–H groups in total. The second kappa shape index (κ2) is 6.63. The summed E-state index contributed by atoms with van der Waals surface area (Å²) in [4.78, 5) is 16.5. The van der Waals surface area contributed by atoms with E-state index in [0.717, 1.165) is 26.3 Å². The van der Waals surface area contributed by atoms with E-state index in [-0.39, 0.29) is 5.91 Å². The molecular formula is C16H28N2O3. The van der Waals surface area contributed by atoms with Gasteiger partial charge in [0.05, 0.1) is 25.4 Å². The number of morpholine rings is 1. The molecule has 1 aliphatic carbocycles. The van der Waals surface area contributed by atoms with Gasteiger partial charge in [-0.05, 0) is 25.2 Å². The Morgan fingerprint density at radius 2 is 1.90 bits per heavy atom. The Balaban J connectivity index is 1.47. The minimum atomic E-state index is -0.720. The lowest BCUT2D eigenvalue weighted by molar-refractivity contribution is -0.132. The molecule has 5 nitrogen and oxygen atoms in total. The number of amides is 1. The first kappa shape index (κ1) is 15.3. The van der Waals surface area contributed by atoms with Crippen LogP contribution in [0.3, 0.4) is 0 Å². The lowest BCUT2D eigenvalue weighted by Gasteiger charge is -2.33. The van der Waals surface area contributed by atoms with Gasteiger partial charge in [-0.25, -0.2) is 0 Å². The highest BCUT2D eigenvalue weighted by molar-refractivity contribution is 5.77. The van der Waals surface area contributed by atoms with E-state index >= 15 is 0 Å². The molecule has 1 amide bonds. The van der Waals surface area contributed by atoms with Gasteiger partial charge < -0.3 is 14.7 Å². The quantitative estimate of drug-likeness (QED) is 0.836. The summed E-state index contributed by atoms with van der Waals surface area (Å²) in [5.41, 5.74) is -0.720. The third kappa shape index (κ3) is 3.96. The average molecular weight is 296 g/mol. The lowest BCUT2D eigenvalue weighted by atomic mass is 10.0.